The minimum atomic E-state index is -1.01. The summed E-state index contributed by atoms with van der Waals surface area (Å²) in [4.78, 5) is 24.3. The zero-order valence-electron chi connectivity index (χ0n) is 12.6. The second-order valence-electron chi connectivity index (χ2n) is 4.72. The van der Waals surface area contributed by atoms with Crippen molar-refractivity contribution in [3.8, 4) is 5.75 Å². The normalized spacial score (nSPS) is 12.1. The van der Waals surface area contributed by atoms with Crippen molar-refractivity contribution < 1.29 is 19.4 Å². The van der Waals surface area contributed by atoms with E-state index in [0.717, 1.165) is 11.3 Å². The van der Waals surface area contributed by atoms with Crippen LogP contribution in [0.1, 0.15) is 25.8 Å². The summed E-state index contributed by atoms with van der Waals surface area (Å²) in [7, 11) is 1.59. The zero-order chi connectivity index (χ0) is 15.8. The Labute approximate surface area is 124 Å². The van der Waals surface area contributed by atoms with Gasteiger partial charge in [-0.25, -0.2) is 0 Å². The number of carboxylic acid groups (broad SMARTS) is 1. The fourth-order valence-corrected chi connectivity index (χ4v) is 1.80. The second kappa shape index (κ2) is 8.09. The van der Waals surface area contributed by atoms with E-state index < -0.39 is 5.97 Å². The van der Waals surface area contributed by atoms with E-state index in [2.05, 4.69) is 0 Å². The Balaban J connectivity index is 2.79. The van der Waals surface area contributed by atoms with Gasteiger partial charge in [0.05, 0.1) is 7.11 Å². The van der Waals surface area contributed by atoms with E-state index in [0.29, 0.717) is 6.42 Å². The van der Waals surface area contributed by atoms with Gasteiger partial charge in [0.1, 0.15) is 12.3 Å². The van der Waals surface area contributed by atoms with Crippen LogP contribution in [0.15, 0.2) is 30.3 Å². The maximum Gasteiger partial charge on any atom is 0.323 e. The van der Waals surface area contributed by atoms with Crippen molar-refractivity contribution in [1.82, 2.24) is 4.90 Å². The van der Waals surface area contributed by atoms with Gasteiger partial charge in [0.15, 0.2) is 0 Å². The molecule has 5 heteroatoms. The number of hydrogen-bond acceptors (Lipinski definition) is 3. The zero-order valence-corrected chi connectivity index (χ0v) is 12.6. The van der Waals surface area contributed by atoms with Crippen LogP contribution in [-0.2, 0) is 9.59 Å². The van der Waals surface area contributed by atoms with Crippen LogP contribution in [0, 0.1) is 0 Å². The smallest absolute Gasteiger partial charge is 0.323 e. The molecule has 1 amide bonds. The van der Waals surface area contributed by atoms with Gasteiger partial charge in [0.25, 0.3) is 0 Å². The van der Waals surface area contributed by atoms with Crippen molar-refractivity contribution in [2.45, 2.75) is 26.3 Å². The Morgan fingerprint density at radius 3 is 2.43 bits per heavy atom. The maximum absolute atomic E-state index is 12.1. The van der Waals surface area contributed by atoms with Crippen molar-refractivity contribution in [3.05, 3.63) is 35.9 Å². The lowest BCUT2D eigenvalue weighted by molar-refractivity contribution is -0.144. The van der Waals surface area contributed by atoms with Crippen molar-refractivity contribution in [2.24, 2.45) is 0 Å². The molecule has 0 saturated carbocycles. The van der Waals surface area contributed by atoms with Crippen molar-refractivity contribution >= 4 is 18.0 Å². The first-order valence-electron chi connectivity index (χ1n) is 6.82. The highest BCUT2D eigenvalue weighted by molar-refractivity contribution is 5.93. The number of methoxy groups -OCH3 is 1. The summed E-state index contributed by atoms with van der Waals surface area (Å²) < 4.78 is 5.06. The number of hydrogen-bond donors (Lipinski definition) is 1. The van der Waals surface area contributed by atoms with Crippen molar-refractivity contribution in [3.63, 3.8) is 0 Å². The molecule has 0 heterocycles. The van der Waals surface area contributed by atoms with E-state index in [1.54, 1.807) is 25.3 Å². The summed E-state index contributed by atoms with van der Waals surface area (Å²) in [6.45, 7) is 3.46. The SMILES string of the molecule is CCC(C)N(CC(=O)O)C(=O)/C=C/c1ccc(OC)cc1. The predicted molar refractivity (Wildman–Crippen MR) is 81.1 cm³/mol. The average molecular weight is 291 g/mol. The number of carboxylic acids is 1. The topological polar surface area (TPSA) is 66.8 Å². The lowest BCUT2D eigenvalue weighted by Crippen LogP contribution is -2.40. The second-order valence-corrected chi connectivity index (χ2v) is 4.72. The van der Waals surface area contributed by atoms with E-state index in [1.165, 1.54) is 11.0 Å². The highest BCUT2D eigenvalue weighted by Crippen LogP contribution is 2.13. The molecule has 0 bridgehead atoms. The standard InChI is InChI=1S/C16H21NO4/c1-4-12(2)17(11-16(19)20)15(18)10-7-13-5-8-14(21-3)9-6-13/h5-10,12H,4,11H2,1-3H3,(H,19,20)/b10-7+. The molecule has 1 rings (SSSR count). The first-order chi connectivity index (χ1) is 9.97. The number of amides is 1. The number of nitrogens with zero attached hydrogens (tertiary/aromatic N) is 1. The Hall–Kier alpha value is -2.30. The minimum Gasteiger partial charge on any atom is -0.497 e. The van der Waals surface area contributed by atoms with E-state index in [-0.39, 0.29) is 18.5 Å². The monoisotopic (exact) mass is 291 g/mol. The van der Waals surface area contributed by atoms with Crippen LogP contribution in [0.2, 0.25) is 0 Å². The lowest BCUT2D eigenvalue weighted by atomic mass is 10.2. The molecule has 1 N–H and O–H groups in total. The molecule has 0 aliphatic heterocycles. The summed E-state index contributed by atoms with van der Waals surface area (Å²) in [5.41, 5.74) is 0.851. The highest BCUT2D eigenvalue weighted by Gasteiger charge is 2.19. The van der Waals surface area contributed by atoms with Gasteiger partial charge in [-0.3, -0.25) is 9.59 Å². The molecule has 5 nitrogen and oxygen atoms in total. The highest BCUT2D eigenvalue weighted by atomic mass is 16.5. The number of carbonyl (C=O) groups excluding carboxylic acids is 1. The number of benzene rings is 1. The van der Waals surface area contributed by atoms with Gasteiger partial charge in [-0.05, 0) is 37.1 Å². The Morgan fingerprint density at radius 2 is 1.95 bits per heavy atom. The van der Waals surface area contributed by atoms with E-state index in [9.17, 15) is 9.59 Å². The van der Waals surface area contributed by atoms with Gasteiger partial charge >= 0.3 is 5.97 Å². The third-order valence-corrected chi connectivity index (χ3v) is 3.25. The molecule has 0 aromatic heterocycles. The summed E-state index contributed by atoms with van der Waals surface area (Å²) in [6.07, 6.45) is 3.77. The van der Waals surface area contributed by atoms with E-state index >= 15 is 0 Å². The third kappa shape index (κ3) is 5.30. The van der Waals surface area contributed by atoms with Crippen LogP contribution in [0.25, 0.3) is 6.08 Å². The third-order valence-electron chi connectivity index (χ3n) is 3.25. The Morgan fingerprint density at radius 1 is 1.33 bits per heavy atom. The maximum atomic E-state index is 12.1. The predicted octanol–water partition coefficient (Wildman–Crippen LogP) is 2.42. The average Bonchev–Trinajstić information content (AvgIpc) is 2.49. The molecule has 1 aromatic rings. The van der Waals surface area contributed by atoms with Crippen LogP contribution < -0.4 is 4.74 Å². The fraction of sp³-hybridized carbons (Fsp3) is 0.375. The first kappa shape index (κ1) is 16.8. The van der Waals surface area contributed by atoms with Crippen LogP contribution in [0.4, 0.5) is 0 Å². The number of ether oxygens (including phenoxy) is 1. The fourth-order valence-electron chi connectivity index (χ4n) is 1.80. The molecule has 0 radical (unpaired) electrons. The van der Waals surface area contributed by atoms with Gasteiger partial charge in [-0.1, -0.05) is 19.1 Å². The van der Waals surface area contributed by atoms with Crippen molar-refractivity contribution in [2.75, 3.05) is 13.7 Å². The minimum absolute atomic E-state index is 0.117. The molecule has 0 spiro atoms. The van der Waals surface area contributed by atoms with Crippen LogP contribution in [0.5, 0.6) is 5.75 Å². The summed E-state index contributed by atoms with van der Waals surface area (Å²) in [5.74, 6) is -0.574. The molecule has 1 aromatic carbocycles. The van der Waals surface area contributed by atoms with Crippen molar-refractivity contribution in [1.29, 1.82) is 0 Å². The quantitative estimate of drug-likeness (QED) is 0.783. The van der Waals surface area contributed by atoms with E-state index in [4.69, 9.17) is 9.84 Å². The van der Waals surface area contributed by atoms with Gasteiger partial charge < -0.3 is 14.7 Å². The molecule has 0 saturated heterocycles. The van der Waals surface area contributed by atoms with Crippen LogP contribution in [0.3, 0.4) is 0 Å². The van der Waals surface area contributed by atoms with Gasteiger partial charge in [-0.15, -0.1) is 0 Å². The molecule has 114 valence electrons. The van der Waals surface area contributed by atoms with Crippen LogP contribution >= 0.6 is 0 Å². The molecule has 21 heavy (non-hydrogen) atoms. The van der Waals surface area contributed by atoms with Crippen LogP contribution in [-0.4, -0.2) is 41.6 Å². The molecular formula is C16H21NO4. The molecule has 0 aliphatic carbocycles. The molecule has 0 aliphatic rings. The summed E-state index contributed by atoms with van der Waals surface area (Å²) in [6, 6.07) is 7.14. The first-order valence-corrected chi connectivity index (χ1v) is 6.82. The number of aliphatic carboxylic acids is 1. The molecular weight excluding hydrogens is 270 g/mol. The van der Waals surface area contributed by atoms with Gasteiger partial charge in [0, 0.05) is 12.1 Å². The number of carbonyl (C=O) groups is 2. The molecule has 0 fully saturated rings. The Bertz CT molecular complexity index is 508. The largest absolute Gasteiger partial charge is 0.497 e. The summed E-state index contributed by atoms with van der Waals surface area (Å²) in [5, 5.41) is 8.89. The van der Waals surface area contributed by atoms with Gasteiger partial charge in [-0.2, -0.15) is 0 Å². The van der Waals surface area contributed by atoms with Gasteiger partial charge in [0.2, 0.25) is 5.91 Å². The molecule has 1 unspecified atom stereocenters. The summed E-state index contributed by atoms with van der Waals surface area (Å²) >= 11 is 0. The lowest BCUT2D eigenvalue weighted by Gasteiger charge is -2.25. The molecule has 1 atom stereocenters. The Kier molecular flexibility index (Phi) is 6.46. The van der Waals surface area contributed by atoms with E-state index in [1.807, 2.05) is 26.0 Å². The number of rotatable bonds is 7.